The summed E-state index contributed by atoms with van der Waals surface area (Å²) in [5.74, 6) is -1.06. The van der Waals surface area contributed by atoms with Gasteiger partial charge in [0.15, 0.2) is 17.3 Å². The highest BCUT2D eigenvalue weighted by molar-refractivity contribution is 6.35. The Hall–Kier alpha value is -3.45. The van der Waals surface area contributed by atoms with Gasteiger partial charge in [-0.2, -0.15) is 0 Å². The minimum Gasteiger partial charge on any atom is -0.493 e. The number of hydrogen-bond donors (Lipinski definition) is 1. The third kappa shape index (κ3) is 9.45. The van der Waals surface area contributed by atoms with Crippen LogP contribution in [0.1, 0.15) is 50.7 Å². The zero-order chi connectivity index (χ0) is 27.9. The Balaban J connectivity index is 0.000000252. The van der Waals surface area contributed by atoms with Crippen LogP contribution in [-0.2, 0) is 22.4 Å². The Bertz CT molecular complexity index is 1180. The lowest BCUT2D eigenvalue weighted by Crippen LogP contribution is -2.23. The molecule has 1 aliphatic rings. The lowest BCUT2D eigenvalue weighted by molar-refractivity contribution is -0.135. The van der Waals surface area contributed by atoms with Gasteiger partial charge in [0.05, 0.1) is 14.2 Å². The summed E-state index contributed by atoms with van der Waals surface area (Å²) in [5, 5.41) is 2.30. The van der Waals surface area contributed by atoms with Crippen molar-refractivity contribution in [2.24, 2.45) is 5.73 Å². The second-order valence-electron chi connectivity index (χ2n) is 8.93. The van der Waals surface area contributed by atoms with Crippen LogP contribution in [0, 0.1) is 5.82 Å². The van der Waals surface area contributed by atoms with Gasteiger partial charge in [0.1, 0.15) is 0 Å². The van der Waals surface area contributed by atoms with Crippen molar-refractivity contribution in [3.05, 3.63) is 71.5 Å². The molecule has 7 heteroatoms. The summed E-state index contributed by atoms with van der Waals surface area (Å²) in [6.45, 7) is 7.51. The fraction of sp³-hybridized carbons (Fsp3) is 0.419. The summed E-state index contributed by atoms with van der Waals surface area (Å²) in [5.41, 5.74) is 6.91. The molecule has 0 atom stereocenters. The van der Waals surface area contributed by atoms with E-state index in [1.165, 1.54) is 40.2 Å². The van der Waals surface area contributed by atoms with E-state index in [4.69, 9.17) is 15.2 Å². The lowest BCUT2D eigenvalue weighted by atomic mass is 10.0. The summed E-state index contributed by atoms with van der Waals surface area (Å²) in [6, 6.07) is 17.4. The first-order valence-electron chi connectivity index (χ1n) is 13.3. The smallest absolute Gasteiger partial charge is 0.284 e. The Morgan fingerprint density at radius 3 is 2.21 bits per heavy atom. The zero-order valence-electron chi connectivity index (χ0n) is 23.1. The molecule has 0 radical (unpaired) electrons. The largest absolute Gasteiger partial charge is 0.493 e. The number of ketones is 1. The number of halogens is 1. The van der Waals surface area contributed by atoms with Gasteiger partial charge in [-0.05, 0) is 85.8 Å². The minimum absolute atomic E-state index is 0.174. The molecule has 1 aliphatic heterocycles. The average molecular weight is 525 g/mol. The average Bonchev–Trinajstić information content (AvgIpc) is 3.46. The number of hydrogen-bond acceptors (Lipinski definition) is 5. The number of carbonyl (C=O) groups is 2. The molecule has 0 bridgehead atoms. The van der Waals surface area contributed by atoms with Crippen molar-refractivity contribution in [1.29, 1.82) is 0 Å². The summed E-state index contributed by atoms with van der Waals surface area (Å²) in [4.78, 5) is 24.2. The Kier molecular flexibility index (Phi) is 13.3. The van der Waals surface area contributed by atoms with Crippen LogP contribution in [0.15, 0.2) is 54.6 Å². The van der Waals surface area contributed by atoms with Gasteiger partial charge in [-0.25, -0.2) is 4.39 Å². The number of nitrogens with zero attached hydrogens (tertiary/aromatic N) is 1. The molecule has 2 N–H and O–H groups in total. The van der Waals surface area contributed by atoms with Gasteiger partial charge in [-0.15, -0.1) is 0 Å². The maximum Gasteiger partial charge on any atom is 0.284 e. The van der Waals surface area contributed by atoms with Gasteiger partial charge >= 0.3 is 0 Å². The number of nitrogens with two attached hydrogens (primary N) is 1. The summed E-state index contributed by atoms with van der Waals surface area (Å²) < 4.78 is 24.0. The lowest BCUT2D eigenvalue weighted by Gasteiger charge is -2.15. The second kappa shape index (κ2) is 16.4. The van der Waals surface area contributed by atoms with E-state index >= 15 is 0 Å². The molecule has 1 heterocycles. The number of rotatable bonds is 10. The highest BCUT2D eigenvalue weighted by atomic mass is 19.1. The van der Waals surface area contributed by atoms with Crippen LogP contribution >= 0.6 is 0 Å². The van der Waals surface area contributed by atoms with E-state index in [1.807, 2.05) is 62.4 Å². The zero-order valence-corrected chi connectivity index (χ0v) is 23.1. The number of primary amides is 1. The molecule has 1 saturated heterocycles. The Morgan fingerprint density at radius 1 is 0.895 bits per heavy atom. The molecule has 4 rings (SSSR count). The van der Waals surface area contributed by atoms with Gasteiger partial charge in [0, 0.05) is 6.42 Å². The molecule has 1 fully saturated rings. The van der Waals surface area contributed by atoms with E-state index in [0.717, 1.165) is 41.3 Å². The van der Waals surface area contributed by atoms with E-state index in [1.54, 1.807) is 6.07 Å². The normalized spacial score (nSPS) is 12.7. The van der Waals surface area contributed by atoms with E-state index < -0.39 is 11.7 Å². The van der Waals surface area contributed by atoms with Crippen molar-refractivity contribution in [3.8, 4) is 11.5 Å². The molecule has 0 saturated carbocycles. The van der Waals surface area contributed by atoms with Gasteiger partial charge in [0.25, 0.3) is 5.91 Å². The van der Waals surface area contributed by atoms with Crippen LogP contribution in [-0.4, -0.2) is 50.4 Å². The number of ether oxygens (including phenoxy) is 2. The quantitative estimate of drug-likeness (QED) is 0.343. The number of methoxy groups -OCH3 is 2. The van der Waals surface area contributed by atoms with Gasteiger partial charge in [-0.1, -0.05) is 56.3 Å². The number of amides is 1. The van der Waals surface area contributed by atoms with Gasteiger partial charge in [0.2, 0.25) is 5.78 Å². The summed E-state index contributed by atoms with van der Waals surface area (Å²) >= 11 is 0. The number of likely N-dealkylation sites (tertiary alicyclic amines) is 1. The fourth-order valence-electron chi connectivity index (χ4n) is 4.40. The molecule has 0 spiro atoms. The molecule has 206 valence electrons. The van der Waals surface area contributed by atoms with Crippen LogP contribution in [0.4, 0.5) is 4.39 Å². The predicted octanol–water partition coefficient (Wildman–Crippen LogP) is 5.72. The number of carbonyl (C=O) groups excluding carboxylic acids is 2. The van der Waals surface area contributed by atoms with Gasteiger partial charge < -0.3 is 20.1 Å². The Morgan fingerprint density at radius 2 is 1.58 bits per heavy atom. The van der Waals surface area contributed by atoms with Crippen molar-refractivity contribution < 1.29 is 23.5 Å². The molecule has 3 aromatic carbocycles. The highest BCUT2D eigenvalue weighted by Gasteiger charge is 2.14. The van der Waals surface area contributed by atoms with E-state index in [2.05, 4.69) is 4.90 Å². The fourth-order valence-corrected chi connectivity index (χ4v) is 4.40. The van der Waals surface area contributed by atoms with Crippen LogP contribution in [0.5, 0.6) is 11.5 Å². The van der Waals surface area contributed by atoms with E-state index in [0.29, 0.717) is 12.2 Å². The monoisotopic (exact) mass is 524 g/mol. The summed E-state index contributed by atoms with van der Waals surface area (Å²) in [6.07, 6.45) is 5.26. The predicted molar refractivity (Wildman–Crippen MR) is 151 cm³/mol. The first kappa shape index (κ1) is 30.8. The van der Waals surface area contributed by atoms with E-state index in [9.17, 15) is 14.0 Å². The number of Topliss-reactive ketones (excluding diaryl/α,β-unsaturated/α-hetero) is 1. The molecule has 0 aliphatic carbocycles. The molecular weight excluding hydrogens is 483 g/mol. The SMILES string of the molecule is CC.COc1cc(CCCN2CCCC2)cc(F)c1OC.NC(=O)C(=O)CCc1ccc2ccccc2c1. The van der Waals surface area contributed by atoms with Crippen molar-refractivity contribution in [3.63, 3.8) is 0 Å². The van der Waals surface area contributed by atoms with Crippen molar-refractivity contribution in [1.82, 2.24) is 4.90 Å². The van der Waals surface area contributed by atoms with Crippen LogP contribution < -0.4 is 15.2 Å². The molecule has 0 aromatic heterocycles. The van der Waals surface area contributed by atoms with Crippen LogP contribution in [0.2, 0.25) is 0 Å². The Labute approximate surface area is 225 Å². The van der Waals surface area contributed by atoms with Crippen LogP contribution in [0.25, 0.3) is 10.8 Å². The number of aryl methyl sites for hydroxylation is 2. The molecule has 38 heavy (non-hydrogen) atoms. The first-order chi connectivity index (χ1) is 18.4. The number of benzene rings is 3. The maximum atomic E-state index is 13.8. The van der Waals surface area contributed by atoms with Crippen molar-refractivity contribution in [2.45, 2.75) is 52.4 Å². The molecule has 3 aromatic rings. The molecule has 0 unspecified atom stereocenters. The highest BCUT2D eigenvalue weighted by Crippen LogP contribution is 2.31. The topological polar surface area (TPSA) is 81.9 Å². The first-order valence-corrected chi connectivity index (χ1v) is 13.3. The standard InChI is InChI=1S/C15H22FNO2.C14H13NO2.C2H6/c1-18-14-11-12(10-13(16)15(14)19-2)6-5-9-17-7-3-4-8-17;15-14(17)13(16)8-6-10-5-7-11-3-1-2-4-12(11)9-10;1-2/h10-11H,3-9H2,1-2H3;1-5,7,9H,6,8H2,(H2,15,17);1-2H3. The van der Waals surface area contributed by atoms with Crippen LogP contribution in [0.3, 0.4) is 0 Å². The van der Waals surface area contributed by atoms with Crippen molar-refractivity contribution in [2.75, 3.05) is 33.9 Å². The third-order valence-corrected chi connectivity index (χ3v) is 6.36. The third-order valence-electron chi connectivity index (χ3n) is 6.36. The maximum absolute atomic E-state index is 13.8. The second-order valence-corrected chi connectivity index (χ2v) is 8.93. The van der Waals surface area contributed by atoms with E-state index in [-0.39, 0.29) is 18.0 Å². The molecular formula is C31H41FN2O4. The van der Waals surface area contributed by atoms with Gasteiger partial charge in [-0.3, -0.25) is 9.59 Å². The summed E-state index contributed by atoms with van der Waals surface area (Å²) in [7, 11) is 2.99. The minimum atomic E-state index is -0.856. The molecule has 1 amide bonds. The number of fused-ring (bicyclic) bond motifs is 1. The van der Waals surface area contributed by atoms with Crippen molar-refractivity contribution >= 4 is 22.5 Å². The molecule has 6 nitrogen and oxygen atoms in total.